The zero-order chi connectivity index (χ0) is 13.8. The number of anilines is 1. The summed E-state index contributed by atoms with van der Waals surface area (Å²) in [6, 6.07) is 6.73. The number of hydrogen-bond acceptors (Lipinski definition) is 6. The Bertz CT molecular complexity index is 668. The number of nitriles is 2. The Kier molecular flexibility index (Phi) is 4.23. The predicted molar refractivity (Wildman–Crippen MR) is 65.1 cm³/mol. The maximum atomic E-state index is 11.1. The van der Waals surface area contributed by atoms with E-state index in [-0.39, 0.29) is 15.6 Å². The minimum atomic E-state index is -3.87. The monoisotopic (exact) mass is 283 g/mol. The van der Waals surface area contributed by atoms with Gasteiger partial charge in [0.25, 0.3) is 0 Å². The second-order valence-electron chi connectivity index (χ2n) is 2.98. The van der Waals surface area contributed by atoms with Crippen LogP contribution in [0.15, 0.2) is 28.2 Å². The van der Waals surface area contributed by atoms with Crippen molar-refractivity contribution in [2.75, 3.05) is 5.43 Å². The van der Waals surface area contributed by atoms with Crippen molar-refractivity contribution in [3.8, 4) is 12.1 Å². The third kappa shape index (κ3) is 3.43. The molecule has 1 rings (SSSR count). The van der Waals surface area contributed by atoms with Gasteiger partial charge >= 0.3 is 0 Å². The Hall–Kier alpha value is -2.13. The first kappa shape index (κ1) is 13.9. The smallest absolute Gasteiger partial charge is 0.238 e. The van der Waals surface area contributed by atoms with Gasteiger partial charge < -0.3 is 0 Å². The molecular weight excluding hydrogens is 278 g/mol. The summed E-state index contributed by atoms with van der Waals surface area (Å²) in [4.78, 5) is -0.167. The lowest BCUT2D eigenvalue weighted by molar-refractivity contribution is 0.598. The fourth-order valence-electron chi connectivity index (χ4n) is 0.958. The molecule has 0 aliphatic heterocycles. The van der Waals surface area contributed by atoms with Gasteiger partial charge in [-0.15, -0.1) is 0 Å². The number of halogens is 1. The van der Waals surface area contributed by atoms with Crippen molar-refractivity contribution >= 4 is 33.0 Å². The first-order valence-corrected chi connectivity index (χ1v) is 6.27. The standard InChI is InChI=1S/C9H6ClN5O2S/c10-8-2-1-7(18(13,16)17)3-9(8)15-14-6(4-11)5-12/h1-3,15H,(H2,13,16,17). The Balaban J connectivity index is 3.16. The van der Waals surface area contributed by atoms with Crippen LogP contribution >= 0.6 is 11.6 Å². The molecule has 0 saturated heterocycles. The van der Waals surface area contributed by atoms with Crippen LogP contribution in [0, 0.1) is 22.7 Å². The average molecular weight is 284 g/mol. The molecule has 0 fully saturated rings. The normalized spacial score (nSPS) is 10.0. The molecular formula is C9H6ClN5O2S. The lowest BCUT2D eigenvalue weighted by Crippen LogP contribution is -2.12. The molecule has 0 spiro atoms. The second kappa shape index (κ2) is 5.47. The molecule has 0 bridgehead atoms. The van der Waals surface area contributed by atoms with E-state index in [2.05, 4.69) is 10.5 Å². The quantitative estimate of drug-likeness (QED) is 0.625. The maximum absolute atomic E-state index is 11.1. The van der Waals surface area contributed by atoms with Crippen LogP contribution in [-0.2, 0) is 10.0 Å². The highest BCUT2D eigenvalue weighted by Gasteiger charge is 2.10. The van der Waals surface area contributed by atoms with E-state index in [1.165, 1.54) is 24.3 Å². The topological polar surface area (TPSA) is 132 Å². The van der Waals surface area contributed by atoms with Gasteiger partial charge in [0.15, 0.2) is 0 Å². The summed E-state index contributed by atoms with van der Waals surface area (Å²) in [5.41, 5.74) is 2.01. The molecule has 1 aromatic carbocycles. The number of nitrogens with two attached hydrogens (primary N) is 1. The molecule has 1 aromatic rings. The molecule has 0 heterocycles. The van der Waals surface area contributed by atoms with Crippen molar-refractivity contribution in [1.29, 1.82) is 10.5 Å². The molecule has 0 saturated carbocycles. The zero-order valence-electron chi connectivity index (χ0n) is 8.75. The maximum Gasteiger partial charge on any atom is 0.238 e. The fourth-order valence-corrected chi connectivity index (χ4v) is 1.66. The van der Waals surface area contributed by atoms with Crippen LogP contribution in [0.4, 0.5) is 5.69 Å². The Morgan fingerprint density at radius 1 is 1.39 bits per heavy atom. The third-order valence-electron chi connectivity index (χ3n) is 1.77. The molecule has 0 aliphatic rings. The fraction of sp³-hybridized carbons (Fsp3) is 0. The van der Waals surface area contributed by atoms with Gasteiger partial charge in [0, 0.05) is 0 Å². The first-order chi connectivity index (χ1) is 8.38. The summed E-state index contributed by atoms with van der Waals surface area (Å²) >= 11 is 5.78. The molecule has 0 unspecified atom stereocenters. The van der Waals surface area contributed by atoms with E-state index >= 15 is 0 Å². The lowest BCUT2D eigenvalue weighted by atomic mass is 10.3. The predicted octanol–water partition coefficient (Wildman–Crippen LogP) is 0.802. The van der Waals surface area contributed by atoms with E-state index < -0.39 is 15.7 Å². The van der Waals surface area contributed by atoms with Gasteiger partial charge in [-0.25, -0.2) is 13.6 Å². The second-order valence-corrected chi connectivity index (χ2v) is 4.95. The van der Waals surface area contributed by atoms with Gasteiger partial charge in [0.1, 0.15) is 12.1 Å². The van der Waals surface area contributed by atoms with E-state index in [0.29, 0.717) is 0 Å². The van der Waals surface area contributed by atoms with E-state index in [4.69, 9.17) is 27.3 Å². The third-order valence-corrected chi connectivity index (χ3v) is 3.01. The van der Waals surface area contributed by atoms with Crippen LogP contribution in [0.5, 0.6) is 0 Å². The van der Waals surface area contributed by atoms with E-state index in [9.17, 15) is 8.42 Å². The highest BCUT2D eigenvalue weighted by molar-refractivity contribution is 7.89. The zero-order valence-corrected chi connectivity index (χ0v) is 10.3. The van der Waals surface area contributed by atoms with Gasteiger partial charge in [-0.2, -0.15) is 15.6 Å². The van der Waals surface area contributed by atoms with Crippen LogP contribution < -0.4 is 10.6 Å². The van der Waals surface area contributed by atoms with Gasteiger partial charge in [-0.1, -0.05) is 11.6 Å². The lowest BCUT2D eigenvalue weighted by Gasteiger charge is -2.05. The number of nitrogens with one attached hydrogen (secondary N) is 1. The van der Waals surface area contributed by atoms with Crippen molar-refractivity contribution in [3.05, 3.63) is 23.2 Å². The minimum Gasteiger partial charge on any atom is -0.275 e. The van der Waals surface area contributed by atoms with Crippen molar-refractivity contribution in [2.45, 2.75) is 4.90 Å². The van der Waals surface area contributed by atoms with E-state index in [1.807, 2.05) is 0 Å². The molecule has 9 heteroatoms. The summed E-state index contributed by atoms with van der Waals surface area (Å²) in [7, 11) is -3.87. The molecule has 3 N–H and O–H groups in total. The van der Waals surface area contributed by atoms with Crippen molar-refractivity contribution in [1.82, 2.24) is 0 Å². The SMILES string of the molecule is N#CC(C#N)=NNc1cc(S(N)(=O)=O)ccc1Cl. The summed E-state index contributed by atoms with van der Waals surface area (Å²) in [6.07, 6.45) is 0. The molecule has 92 valence electrons. The molecule has 0 radical (unpaired) electrons. The van der Waals surface area contributed by atoms with E-state index in [1.54, 1.807) is 0 Å². The largest absolute Gasteiger partial charge is 0.275 e. The van der Waals surface area contributed by atoms with Gasteiger partial charge in [0.05, 0.1) is 15.6 Å². The molecule has 7 nitrogen and oxygen atoms in total. The minimum absolute atomic E-state index is 0.117. The van der Waals surface area contributed by atoms with Gasteiger partial charge in [-0.3, -0.25) is 5.43 Å². The molecule has 0 aliphatic carbocycles. The van der Waals surface area contributed by atoms with E-state index in [0.717, 1.165) is 6.07 Å². The van der Waals surface area contributed by atoms with Crippen molar-refractivity contribution in [3.63, 3.8) is 0 Å². The Labute approximate surface area is 108 Å². The Morgan fingerprint density at radius 3 is 2.50 bits per heavy atom. The van der Waals surface area contributed by atoms with Crippen LogP contribution in [0.2, 0.25) is 5.02 Å². The molecule has 0 atom stereocenters. The summed E-state index contributed by atoms with van der Waals surface area (Å²) in [5, 5.41) is 25.5. The van der Waals surface area contributed by atoms with Crippen molar-refractivity contribution < 1.29 is 8.42 Å². The number of benzene rings is 1. The highest BCUT2D eigenvalue weighted by atomic mass is 35.5. The number of sulfonamides is 1. The van der Waals surface area contributed by atoms with Gasteiger partial charge in [-0.05, 0) is 18.2 Å². The first-order valence-electron chi connectivity index (χ1n) is 4.34. The van der Waals surface area contributed by atoms with Crippen LogP contribution in [0.25, 0.3) is 0 Å². The number of hydrogen-bond donors (Lipinski definition) is 2. The highest BCUT2D eigenvalue weighted by Crippen LogP contribution is 2.24. The summed E-state index contributed by atoms with van der Waals surface area (Å²) in [6.45, 7) is 0. The number of rotatable bonds is 3. The van der Waals surface area contributed by atoms with Crippen LogP contribution in [0.3, 0.4) is 0 Å². The number of nitrogens with zero attached hydrogens (tertiary/aromatic N) is 3. The number of hydrazone groups is 1. The van der Waals surface area contributed by atoms with Crippen LogP contribution in [0.1, 0.15) is 0 Å². The summed E-state index contributed by atoms with van der Waals surface area (Å²) in [5.74, 6) is 0. The van der Waals surface area contributed by atoms with Crippen molar-refractivity contribution in [2.24, 2.45) is 10.2 Å². The molecule has 0 amide bonds. The van der Waals surface area contributed by atoms with Crippen LogP contribution in [-0.4, -0.2) is 14.1 Å². The van der Waals surface area contributed by atoms with Gasteiger partial charge in [0.2, 0.25) is 15.7 Å². The summed E-state index contributed by atoms with van der Waals surface area (Å²) < 4.78 is 22.2. The number of primary sulfonamides is 1. The molecule has 18 heavy (non-hydrogen) atoms. The average Bonchev–Trinajstić information content (AvgIpc) is 2.31. The Morgan fingerprint density at radius 2 is 2.00 bits per heavy atom. The molecule has 0 aromatic heterocycles.